The molecule has 1 amide bonds. The van der Waals surface area contributed by atoms with Crippen LogP contribution >= 0.6 is 22.9 Å². The van der Waals surface area contributed by atoms with Crippen molar-refractivity contribution in [2.24, 2.45) is 5.41 Å². The molecule has 1 aliphatic heterocycles. The predicted molar refractivity (Wildman–Crippen MR) is 74.6 cm³/mol. The van der Waals surface area contributed by atoms with E-state index < -0.39 is 11.4 Å². The highest BCUT2D eigenvalue weighted by atomic mass is 35.5. The van der Waals surface area contributed by atoms with E-state index >= 15 is 0 Å². The number of hydrogen-bond acceptors (Lipinski definition) is 3. The molecule has 1 N–H and O–H groups in total. The molecule has 0 saturated carbocycles. The Morgan fingerprint density at radius 1 is 1.53 bits per heavy atom. The highest BCUT2D eigenvalue weighted by Gasteiger charge is 2.41. The van der Waals surface area contributed by atoms with E-state index in [9.17, 15) is 9.59 Å². The van der Waals surface area contributed by atoms with Crippen molar-refractivity contribution >= 4 is 34.8 Å². The Labute approximate surface area is 121 Å². The van der Waals surface area contributed by atoms with Crippen LogP contribution in [0.2, 0.25) is 4.34 Å². The molecule has 0 radical (unpaired) electrons. The summed E-state index contributed by atoms with van der Waals surface area (Å²) in [6, 6.07) is 3.75. The zero-order valence-corrected chi connectivity index (χ0v) is 12.3. The molecule has 19 heavy (non-hydrogen) atoms. The zero-order chi connectivity index (χ0) is 14.0. The lowest BCUT2D eigenvalue weighted by atomic mass is 9.90. The van der Waals surface area contributed by atoms with Crippen molar-refractivity contribution in [3.8, 4) is 0 Å². The van der Waals surface area contributed by atoms with Crippen molar-refractivity contribution < 1.29 is 14.7 Å². The summed E-state index contributed by atoms with van der Waals surface area (Å²) in [6.07, 6.45) is 1.60. The van der Waals surface area contributed by atoms with Gasteiger partial charge >= 0.3 is 5.97 Å². The third-order valence-corrected chi connectivity index (χ3v) is 4.85. The van der Waals surface area contributed by atoms with Gasteiger partial charge in [0.2, 0.25) is 5.91 Å². The van der Waals surface area contributed by atoms with Crippen molar-refractivity contribution in [3.63, 3.8) is 0 Å². The fourth-order valence-corrected chi connectivity index (χ4v) is 3.31. The van der Waals surface area contributed by atoms with Gasteiger partial charge in [0.1, 0.15) is 0 Å². The Morgan fingerprint density at radius 3 is 2.79 bits per heavy atom. The minimum Gasteiger partial charge on any atom is -0.481 e. The minimum absolute atomic E-state index is 0.0227. The molecule has 1 saturated heterocycles. The Morgan fingerprint density at radius 2 is 2.26 bits per heavy atom. The Balaban J connectivity index is 1.86. The molecule has 0 aliphatic carbocycles. The van der Waals surface area contributed by atoms with E-state index in [0.717, 1.165) is 9.21 Å². The number of carbonyl (C=O) groups excluding carboxylic acids is 1. The Hall–Kier alpha value is -1.07. The molecular formula is C13H16ClNO3S. The lowest BCUT2D eigenvalue weighted by Gasteiger charge is -2.20. The van der Waals surface area contributed by atoms with Crippen LogP contribution in [0.1, 0.15) is 24.6 Å². The number of aryl methyl sites for hydroxylation is 1. The van der Waals surface area contributed by atoms with E-state index in [1.54, 1.807) is 11.8 Å². The molecule has 1 aromatic heterocycles. The number of amides is 1. The lowest BCUT2D eigenvalue weighted by molar-refractivity contribution is -0.147. The summed E-state index contributed by atoms with van der Waals surface area (Å²) in [6.45, 7) is 2.54. The second kappa shape index (κ2) is 5.51. The first-order chi connectivity index (χ1) is 8.90. The fraction of sp³-hybridized carbons (Fsp3) is 0.538. The predicted octanol–water partition coefficient (Wildman–Crippen LogP) is 2.66. The number of nitrogens with zero attached hydrogens (tertiary/aromatic N) is 1. The van der Waals surface area contributed by atoms with Gasteiger partial charge in [-0.2, -0.15) is 0 Å². The average molecular weight is 302 g/mol. The number of hydrogen-bond donors (Lipinski definition) is 1. The maximum absolute atomic E-state index is 12.0. The zero-order valence-electron chi connectivity index (χ0n) is 10.7. The summed E-state index contributed by atoms with van der Waals surface area (Å²) in [5.41, 5.74) is -0.790. The second-order valence-corrected chi connectivity index (χ2v) is 6.94. The molecule has 1 atom stereocenters. The van der Waals surface area contributed by atoms with Crippen LogP contribution in [0.5, 0.6) is 0 Å². The number of halogens is 1. The summed E-state index contributed by atoms with van der Waals surface area (Å²) >= 11 is 7.31. The maximum Gasteiger partial charge on any atom is 0.311 e. The first-order valence-electron chi connectivity index (χ1n) is 6.16. The number of thiophene rings is 1. The third-order valence-electron chi connectivity index (χ3n) is 3.56. The third kappa shape index (κ3) is 3.28. The van der Waals surface area contributed by atoms with Gasteiger partial charge in [0.25, 0.3) is 0 Å². The Kier molecular flexibility index (Phi) is 4.16. The Bertz CT molecular complexity index is 502. The summed E-state index contributed by atoms with van der Waals surface area (Å²) in [5.74, 6) is -0.803. The van der Waals surface area contributed by atoms with Crippen LogP contribution < -0.4 is 0 Å². The highest BCUT2D eigenvalue weighted by Crippen LogP contribution is 2.30. The molecule has 0 unspecified atom stereocenters. The number of carbonyl (C=O) groups is 2. The molecule has 0 bridgehead atoms. The molecule has 4 nitrogen and oxygen atoms in total. The smallest absolute Gasteiger partial charge is 0.311 e. The van der Waals surface area contributed by atoms with Gasteiger partial charge in [-0.1, -0.05) is 11.6 Å². The van der Waals surface area contributed by atoms with Gasteiger partial charge in [-0.05, 0) is 31.9 Å². The number of likely N-dealkylation sites (tertiary alicyclic amines) is 1. The van der Waals surface area contributed by atoms with Gasteiger partial charge in [0.05, 0.1) is 9.75 Å². The molecular weight excluding hydrogens is 286 g/mol. The monoisotopic (exact) mass is 301 g/mol. The molecule has 104 valence electrons. The van der Waals surface area contributed by atoms with E-state index in [1.165, 1.54) is 11.3 Å². The van der Waals surface area contributed by atoms with E-state index in [-0.39, 0.29) is 5.91 Å². The van der Waals surface area contributed by atoms with Crippen LogP contribution in [0.15, 0.2) is 12.1 Å². The number of aliphatic carboxylic acids is 1. The van der Waals surface area contributed by atoms with Crippen molar-refractivity contribution in [2.45, 2.75) is 26.2 Å². The summed E-state index contributed by atoms with van der Waals surface area (Å²) in [7, 11) is 0. The summed E-state index contributed by atoms with van der Waals surface area (Å²) in [5, 5.41) is 9.13. The normalized spacial score (nSPS) is 22.7. The first kappa shape index (κ1) is 14.3. The summed E-state index contributed by atoms with van der Waals surface area (Å²) < 4.78 is 0.724. The number of carboxylic acids is 1. The van der Waals surface area contributed by atoms with Gasteiger partial charge in [-0.3, -0.25) is 9.59 Å². The minimum atomic E-state index is -0.826. The van der Waals surface area contributed by atoms with Crippen molar-refractivity contribution in [1.29, 1.82) is 0 Å². The van der Waals surface area contributed by atoms with Crippen LogP contribution in [-0.4, -0.2) is 35.0 Å². The summed E-state index contributed by atoms with van der Waals surface area (Å²) in [4.78, 5) is 25.9. The largest absolute Gasteiger partial charge is 0.481 e. The van der Waals surface area contributed by atoms with Gasteiger partial charge in [0.15, 0.2) is 0 Å². The average Bonchev–Trinajstić information content (AvgIpc) is 2.94. The standard InChI is InChI=1S/C13H16ClNO3S/c1-13(12(17)18)6-7-15(8-13)11(16)5-3-9-2-4-10(14)19-9/h2,4H,3,5-8H2,1H3,(H,17,18)/t13-/m0/s1. The SMILES string of the molecule is C[C@]1(C(=O)O)CCN(C(=O)CCc2ccc(Cl)s2)C1. The van der Waals surface area contributed by atoms with Crippen molar-refractivity contribution in [1.82, 2.24) is 4.90 Å². The molecule has 1 fully saturated rings. The van der Waals surface area contributed by atoms with Gasteiger partial charge in [-0.15, -0.1) is 11.3 Å². The molecule has 0 aromatic carbocycles. The van der Waals surface area contributed by atoms with E-state index in [1.807, 2.05) is 12.1 Å². The first-order valence-corrected chi connectivity index (χ1v) is 7.35. The highest BCUT2D eigenvalue weighted by molar-refractivity contribution is 7.16. The van der Waals surface area contributed by atoms with E-state index in [4.69, 9.17) is 16.7 Å². The van der Waals surface area contributed by atoms with Gasteiger partial charge in [0, 0.05) is 24.4 Å². The van der Waals surface area contributed by atoms with E-state index in [0.29, 0.717) is 32.4 Å². The molecule has 0 spiro atoms. The van der Waals surface area contributed by atoms with Crippen LogP contribution in [0.4, 0.5) is 0 Å². The molecule has 6 heteroatoms. The number of carboxylic acid groups (broad SMARTS) is 1. The fourth-order valence-electron chi connectivity index (χ4n) is 2.22. The van der Waals surface area contributed by atoms with Crippen LogP contribution in [0.3, 0.4) is 0 Å². The molecule has 1 aromatic rings. The second-order valence-electron chi connectivity index (χ2n) is 5.14. The van der Waals surface area contributed by atoms with Crippen LogP contribution in [0, 0.1) is 5.41 Å². The van der Waals surface area contributed by atoms with E-state index in [2.05, 4.69) is 0 Å². The van der Waals surface area contributed by atoms with Crippen molar-refractivity contribution in [3.05, 3.63) is 21.3 Å². The maximum atomic E-state index is 12.0. The molecule has 2 heterocycles. The quantitative estimate of drug-likeness (QED) is 0.930. The topological polar surface area (TPSA) is 57.6 Å². The molecule has 1 aliphatic rings. The van der Waals surface area contributed by atoms with Crippen LogP contribution in [0.25, 0.3) is 0 Å². The van der Waals surface area contributed by atoms with Gasteiger partial charge in [-0.25, -0.2) is 0 Å². The lowest BCUT2D eigenvalue weighted by Crippen LogP contribution is -2.34. The van der Waals surface area contributed by atoms with Crippen molar-refractivity contribution in [2.75, 3.05) is 13.1 Å². The number of rotatable bonds is 4. The molecule has 2 rings (SSSR count). The van der Waals surface area contributed by atoms with Gasteiger partial charge < -0.3 is 10.0 Å². The van der Waals surface area contributed by atoms with Crippen LogP contribution in [-0.2, 0) is 16.0 Å².